The van der Waals surface area contributed by atoms with Crippen LogP contribution in [0.3, 0.4) is 0 Å². The molecule has 12 nitrogen and oxygen atoms in total. The molecule has 0 atom stereocenters. The number of piperidine rings is 1. The minimum atomic E-state index is -5.19. The van der Waals surface area contributed by atoms with Gasteiger partial charge in [-0.25, -0.2) is 14.6 Å². The van der Waals surface area contributed by atoms with Gasteiger partial charge in [-0.05, 0) is 44.2 Å². The van der Waals surface area contributed by atoms with Gasteiger partial charge in [-0.2, -0.15) is 31.3 Å². The second kappa shape index (κ2) is 14.8. The Morgan fingerprint density at radius 3 is 2.04 bits per heavy atom. The van der Waals surface area contributed by atoms with Crippen molar-refractivity contribution in [2.24, 2.45) is 5.92 Å². The predicted molar refractivity (Wildman–Crippen MR) is 143 cm³/mol. The summed E-state index contributed by atoms with van der Waals surface area (Å²) in [6, 6.07) is 12.3. The maximum atomic E-state index is 10.5. The number of anilines is 1. The largest absolute Gasteiger partial charge is 0.542 e. The minimum Gasteiger partial charge on any atom is -0.542 e. The first kappa shape index (κ1) is 35.4. The molecule has 0 aliphatic carbocycles. The van der Waals surface area contributed by atoms with Crippen LogP contribution in [0.2, 0.25) is 0 Å². The van der Waals surface area contributed by atoms with Crippen LogP contribution in [-0.4, -0.2) is 62.3 Å². The molecule has 1 fully saturated rings. The van der Waals surface area contributed by atoms with Gasteiger partial charge in [-0.15, -0.1) is 5.10 Å². The van der Waals surface area contributed by atoms with Gasteiger partial charge in [-0.1, -0.05) is 41.9 Å². The van der Waals surface area contributed by atoms with Crippen LogP contribution in [-0.2, 0) is 16.1 Å². The molecule has 1 aliphatic rings. The third kappa shape index (κ3) is 10.3. The standard InChI is InChI=1S/C24H27N7O.2C2HF3O2/c1-16-4-6-20(7-5-16)22-27-24(32-29-22)23-26-18(3)31(28-23)15-19-8-11-25-21(14-19)30-12-9-17(2)10-13-30;2*3-2(4,5)1(6)7/h4-8,11,14,17H,9-10,12-13,15H2,1-3H3;2*(H,6,7)/p-1. The third-order valence-corrected chi connectivity index (χ3v) is 6.55. The maximum Gasteiger partial charge on any atom is 0.430 e. The fraction of sp³-hybridized carbons (Fsp3) is 0.393. The molecular weight excluding hydrogens is 628 g/mol. The van der Waals surface area contributed by atoms with Crippen LogP contribution in [0, 0.1) is 19.8 Å². The highest BCUT2D eigenvalue weighted by molar-refractivity contribution is 5.71. The number of aryl methyl sites for hydroxylation is 2. The molecule has 4 heterocycles. The lowest BCUT2D eigenvalue weighted by molar-refractivity contribution is -0.364. The molecule has 0 bridgehead atoms. The fourth-order valence-corrected chi connectivity index (χ4v) is 4.00. The summed E-state index contributed by atoms with van der Waals surface area (Å²) in [5.74, 6) is -1.94. The van der Waals surface area contributed by atoms with Gasteiger partial charge in [0.05, 0.1) is 25.8 Å². The number of hydrogen-bond acceptors (Lipinski definition) is 10. The van der Waals surface area contributed by atoms with Gasteiger partial charge < -0.3 is 24.3 Å². The molecule has 5 rings (SSSR count). The first-order chi connectivity index (χ1) is 21.4. The first-order valence-corrected chi connectivity index (χ1v) is 13.6. The first-order valence-electron chi connectivity index (χ1n) is 13.6. The van der Waals surface area contributed by atoms with Crippen LogP contribution in [0.4, 0.5) is 32.2 Å². The number of aliphatic carboxylic acids is 2. The Labute approximate surface area is 257 Å². The van der Waals surface area contributed by atoms with E-state index in [0.717, 1.165) is 36.2 Å². The number of alkyl halides is 6. The summed E-state index contributed by atoms with van der Waals surface area (Å²) >= 11 is 0. The topological polar surface area (TPSA) is 167 Å². The third-order valence-electron chi connectivity index (χ3n) is 6.55. The summed E-state index contributed by atoms with van der Waals surface area (Å²) < 4.78 is 70.4. The highest BCUT2D eigenvalue weighted by Crippen LogP contribution is 2.23. The molecule has 3 aromatic heterocycles. The lowest BCUT2D eigenvalue weighted by atomic mass is 9.99. The number of nitrogens with zero attached hydrogens (tertiary/aromatic N) is 6. The fourth-order valence-electron chi connectivity index (χ4n) is 4.00. The Morgan fingerprint density at radius 1 is 0.935 bits per heavy atom. The van der Waals surface area contributed by atoms with E-state index in [1.807, 2.05) is 49.0 Å². The predicted octanol–water partition coefficient (Wildman–Crippen LogP) is 2.31. The molecule has 0 saturated carbocycles. The SMILES string of the molecule is Cc1ccc(-c2noc(-c3nc(C)n(Cc4cc[nH+]c(N5CCC(C)CC5)c4)n3)n2)cc1.O=C([O-])C(F)(F)F.O=C([O-])C(F)(F)F. The number of halogens is 6. The van der Waals surface area contributed by atoms with Crippen LogP contribution in [0.5, 0.6) is 0 Å². The summed E-state index contributed by atoms with van der Waals surface area (Å²) in [6.45, 7) is 9.13. The Balaban J connectivity index is 0.000000345. The summed E-state index contributed by atoms with van der Waals surface area (Å²) in [6.07, 6.45) is -5.92. The van der Waals surface area contributed by atoms with E-state index in [0.29, 0.717) is 24.1 Å². The molecule has 4 aromatic rings. The highest BCUT2D eigenvalue weighted by atomic mass is 19.4. The lowest BCUT2D eigenvalue weighted by Gasteiger charge is -2.25. The van der Waals surface area contributed by atoms with E-state index in [-0.39, 0.29) is 0 Å². The molecule has 248 valence electrons. The molecule has 1 aliphatic heterocycles. The van der Waals surface area contributed by atoms with Crippen LogP contribution in [0.25, 0.3) is 23.1 Å². The van der Waals surface area contributed by atoms with Crippen LogP contribution in [0.15, 0.2) is 47.1 Å². The van der Waals surface area contributed by atoms with Crippen molar-refractivity contribution in [1.29, 1.82) is 0 Å². The van der Waals surface area contributed by atoms with Crippen molar-refractivity contribution in [2.45, 2.75) is 52.5 Å². The van der Waals surface area contributed by atoms with Gasteiger partial charge in [-0.3, -0.25) is 4.90 Å². The highest BCUT2D eigenvalue weighted by Gasteiger charge is 2.29. The molecule has 1 aromatic carbocycles. The Hall–Kier alpha value is -5.03. The quantitative estimate of drug-likeness (QED) is 0.291. The molecule has 0 radical (unpaired) electrons. The molecule has 18 heteroatoms. The zero-order chi connectivity index (χ0) is 34.2. The zero-order valence-electron chi connectivity index (χ0n) is 24.6. The monoisotopic (exact) mass is 656 g/mol. The Morgan fingerprint density at radius 2 is 1.50 bits per heavy atom. The molecule has 0 amide bonds. The number of hydrogen-bond donors (Lipinski definition) is 0. The summed E-state index contributed by atoms with van der Waals surface area (Å²) in [7, 11) is 0. The number of carbonyl (C=O) groups excluding carboxylic acids is 2. The van der Waals surface area contributed by atoms with Crippen molar-refractivity contribution in [1.82, 2.24) is 24.9 Å². The molecule has 46 heavy (non-hydrogen) atoms. The number of carboxylic acids is 2. The van der Waals surface area contributed by atoms with Gasteiger partial charge >= 0.3 is 12.4 Å². The number of nitrogens with one attached hydrogen (secondary N) is 1. The minimum absolute atomic E-state index is 0.326. The number of carbonyl (C=O) groups is 2. The second-order valence-electron chi connectivity index (χ2n) is 10.3. The Bertz CT molecular complexity index is 1590. The van der Waals surface area contributed by atoms with E-state index in [2.05, 4.69) is 49.2 Å². The van der Waals surface area contributed by atoms with Gasteiger partial charge in [0.25, 0.3) is 11.7 Å². The lowest BCUT2D eigenvalue weighted by Crippen LogP contribution is -2.37. The Kier molecular flexibility index (Phi) is 11.4. The number of pyridine rings is 1. The summed E-state index contributed by atoms with van der Waals surface area (Å²) in [5, 5.41) is 26.3. The molecule has 1 N–H and O–H groups in total. The number of aromatic amines is 1. The van der Waals surface area contributed by atoms with Crippen molar-refractivity contribution >= 4 is 17.8 Å². The van der Waals surface area contributed by atoms with Crippen molar-refractivity contribution in [3.63, 3.8) is 0 Å². The number of aromatic nitrogens is 6. The normalized spacial score (nSPS) is 13.7. The molecular formula is C28H28F6N7O5-. The zero-order valence-corrected chi connectivity index (χ0v) is 24.6. The van der Waals surface area contributed by atoms with Crippen molar-refractivity contribution in [2.75, 3.05) is 18.0 Å². The van der Waals surface area contributed by atoms with E-state index in [1.165, 1.54) is 24.0 Å². The summed E-state index contributed by atoms with van der Waals surface area (Å²) in [4.78, 5) is 32.4. The van der Waals surface area contributed by atoms with Gasteiger partial charge in [0, 0.05) is 11.6 Å². The van der Waals surface area contributed by atoms with Crippen LogP contribution < -0.4 is 20.1 Å². The molecule has 0 spiro atoms. The van der Waals surface area contributed by atoms with Crippen LogP contribution in [0.1, 0.15) is 36.7 Å². The number of carboxylic acid groups (broad SMARTS) is 2. The van der Waals surface area contributed by atoms with E-state index in [1.54, 1.807) is 0 Å². The van der Waals surface area contributed by atoms with Crippen molar-refractivity contribution < 1.29 is 55.7 Å². The van der Waals surface area contributed by atoms with E-state index in [9.17, 15) is 26.3 Å². The number of H-pyrrole nitrogens is 1. The van der Waals surface area contributed by atoms with E-state index >= 15 is 0 Å². The van der Waals surface area contributed by atoms with Crippen LogP contribution >= 0.6 is 0 Å². The van der Waals surface area contributed by atoms with Gasteiger partial charge in [0.2, 0.25) is 11.6 Å². The summed E-state index contributed by atoms with van der Waals surface area (Å²) in [5.41, 5.74) is 3.26. The molecule has 0 unspecified atom stereocenters. The number of benzene rings is 1. The smallest absolute Gasteiger partial charge is 0.430 e. The van der Waals surface area contributed by atoms with Gasteiger partial charge in [0.1, 0.15) is 17.8 Å². The van der Waals surface area contributed by atoms with Gasteiger partial charge in [0.15, 0.2) is 0 Å². The number of rotatable bonds is 5. The van der Waals surface area contributed by atoms with Crippen molar-refractivity contribution in [3.05, 3.63) is 59.5 Å². The molecule has 1 saturated heterocycles. The van der Waals surface area contributed by atoms with E-state index < -0.39 is 24.3 Å². The average molecular weight is 657 g/mol. The van der Waals surface area contributed by atoms with Crippen molar-refractivity contribution in [3.8, 4) is 23.1 Å². The maximum absolute atomic E-state index is 10.5. The van der Waals surface area contributed by atoms with E-state index in [4.69, 9.17) is 24.3 Å². The average Bonchev–Trinajstić information content (AvgIpc) is 3.61. The second-order valence-corrected chi connectivity index (χ2v) is 10.3.